The van der Waals surface area contributed by atoms with Crippen LogP contribution in [0.1, 0.15) is 46.2 Å². The van der Waals surface area contributed by atoms with Crippen molar-refractivity contribution in [2.75, 3.05) is 7.11 Å². The quantitative estimate of drug-likeness (QED) is 0.463. The van der Waals surface area contributed by atoms with Crippen molar-refractivity contribution in [1.82, 2.24) is 25.1 Å². The van der Waals surface area contributed by atoms with Crippen molar-refractivity contribution < 1.29 is 27.1 Å². The van der Waals surface area contributed by atoms with E-state index in [1.54, 1.807) is 24.1 Å². The molecule has 176 valence electrons. The number of nitrogens with one attached hydrogen (secondary N) is 1. The van der Waals surface area contributed by atoms with E-state index in [1.807, 2.05) is 0 Å². The van der Waals surface area contributed by atoms with Crippen molar-refractivity contribution in [3.63, 3.8) is 0 Å². The van der Waals surface area contributed by atoms with Crippen LogP contribution in [-0.2, 0) is 19.3 Å². The molecule has 0 saturated carbocycles. The molecule has 5 rings (SSSR count). The number of carbonyl (C=O) groups excluding carboxylic acids is 1. The van der Waals surface area contributed by atoms with Gasteiger partial charge in [0.15, 0.2) is 11.5 Å². The predicted molar refractivity (Wildman–Crippen MR) is 114 cm³/mol. The summed E-state index contributed by atoms with van der Waals surface area (Å²) in [6.07, 6.45) is -2.96. The summed E-state index contributed by atoms with van der Waals surface area (Å²) in [5.41, 5.74) is 7.15. The Morgan fingerprint density at radius 1 is 1.24 bits per heavy atom. The van der Waals surface area contributed by atoms with Gasteiger partial charge in [0.1, 0.15) is 17.0 Å². The Labute approximate surface area is 190 Å². The van der Waals surface area contributed by atoms with E-state index in [4.69, 9.17) is 14.9 Å². The SMILES string of the molecule is COc1ccc(-c2nc(C(=O)N3Cc4cn[nH]c4C3)c([C@H](C)N)o2)c2ccc(C(F)(F)F)nc12. The number of hydrogen-bond acceptors (Lipinski definition) is 7. The molecular formula is C22H19F3N6O3. The van der Waals surface area contributed by atoms with Crippen LogP contribution in [0.4, 0.5) is 13.2 Å². The zero-order valence-corrected chi connectivity index (χ0v) is 18.1. The van der Waals surface area contributed by atoms with E-state index in [9.17, 15) is 18.0 Å². The number of amides is 1. The molecule has 0 radical (unpaired) electrons. The first kappa shape index (κ1) is 21.9. The number of ether oxygens (including phenoxy) is 1. The molecule has 0 saturated heterocycles. The summed E-state index contributed by atoms with van der Waals surface area (Å²) < 4.78 is 50.8. The Kier molecular flexibility index (Phi) is 5.04. The third kappa shape index (κ3) is 3.55. The molecule has 0 aliphatic carbocycles. The van der Waals surface area contributed by atoms with E-state index >= 15 is 0 Å². The second-order valence-corrected chi connectivity index (χ2v) is 7.96. The van der Waals surface area contributed by atoms with Gasteiger partial charge in [0, 0.05) is 23.1 Å². The largest absolute Gasteiger partial charge is 0.494 e. The van der Waals surface area contributed by atoms with Crippen molar-refractivity contribution >= 4 is 16.8 Å². The number of H-pyrrole nitrogens is 1. The maximum Gasteiger partial charge on any atom is 0.433 e. The fourth-order valence-electron chi connectivity index (χ4n) is 3.97. The summed E-state index contributed by atoms with van der Waals surface area (Å²) in [5.74, 6) is 0.0101. The Morgan fingerprint density at radius 2 is 2.03 bits per heavy atom. The Balaban J connectivity index is 1.60. The van der Waals surface area contributed by atoms with Gasteiger partial charge in [-0.1, -0.05) is 0 Å². The van der Waals surface area contributed by atoms with Crippen molar-refractivity contribution in [3.05, 3.63) is 58.9 Å². The lowest BCUT2D eigenvalue weighted by Gasteiger charge is -2.14. The number of alkyl halides is 3. The predicted octanol–water partition coefficient (Wildman–Crippen LogP) is 3.82. The molecular weight excluding hydrogens is 453 g/mol. The fourth-order valence-corrected chi connectivity index (χ4v) is 3.97. The number of benzene rings is 1. The van der Waals surface area contributed by atoms with Crippen LogP contribution in [0.5, 0.6) is 5.75 Å². The van der Waals surface area contributed by atoms with Crippen LogP contribution in [0.15, 0.2) is 34.9 Å². The number of aromatic amines is 1. The number of rotatable bonds is 4. The molecule has 1 aliphatic rings. The molecule has 0 fully saturated rings. The molecule has 3 N–H and O–H groups in total. The van der Waals surface area contributed by atoms with Gasteiger partial charge in [-0.2, -0.15) is 18.3 Å². The van der Waals surface area contributed by atoms with Crippen molar-refractivity contribution in [2.24, 2.45) is 5.73 Å². The maximum absolute atomic E-state index is 13.3. The first-order valence-corrected chi connectivity index (χ1v) is 10.3. The highest BCUT2D eigenvalue weighted by atomic mass is 19.4. The standard InChI is InChI=1S/C22H19F3N6O3/c1-10(26)19-18(21(32)31-8-11-7-27-30-14(11)9-31)29-20(34-19)13-3-5-15(33-2)17-12(13)4-6-16(28-17)22(23,24)25/h3-7,10H,8-9,26H2,1-2H3,(H,27,30)/t10-/m0/s1. The molecule has 12 heteroatoms. The van der Waals surface area contributed by atoms with Crippen LogP contribution in [0.2, 0.25) is 0 Å². The van der Waals surface area contributed by atoms with Crippen molar-refractivity contribution in [1.29, 1.82) is 0 Å². The molecule has 1 aromatic carbocycles. The number of oxazole rings is 1. The van der Waals surface area contributed by atoms with Crippen LogP contribution >= 0.6 is 0 Å². The lowest BCUT2D eigenvalue weighted by atomic mass is 10.1. The minimum Gasteiger partial charge on any atom is -0.494 e. The zero-order valence-electron chi connectivity index (χ0n) is 18.1. The van der Waals surface area contributed by atoms with Gasteiger partial charge < -0.3 is 19.8 Å². The Hall–Kier alpha value is -3.93. The summed E-state index contributed by atoms with van der Waals surface area (Å²) in [6, 6.07) is 4.57. The first-order valence-electron chi connectivity index (χ1n) is 10.3. The van der Waals surface area contributed by atoms with Gasteiger partial charge in [-0.05, 0) is 31.2 Å². The zero-order chi connectivity index (χ0) is 24.2. The van der Waals surface area contributed by atoms with Crippen LogP contribution < -0.4 is 10.5 Å². The van der Waals surface area contributed by atoms with Gasteiger partial charge in [0.05, 0.1) is 31.6 Å². The highest BCUT2D eigenvalue weighted by Gasteiger charge is 2.34. The van der Waals surface area contributed by atoms with E-state index in [0.29, 0.717) is 24.0 Å². The molecule has 4 aromatic rings. The molecule has 9 nitrogen and oxygen atoms in total. The van der Waals surface area contributed by atoms with Gasteiger partial charge in [-0.15, -0.1) is 0 Å². The van der Waals surface area contributed by atoms with Gasteiger partial charge in [0.2, 0.25) is 5.89 Å². The molecule has 1 amide bonds. The van der Waals surface area contributed by atoms with E-state index < -0.39 is 17.9 Å². The fraction of sp³-hybridized carbons (Fsp3) is 0.273. The number of methoxy groups -OCH3 is 1. The van der Waals surface area contributed by atoms with Crippen molar-refractivity contribution in [2.45, 2.75) is 32.2 Å². The monoisotopic (exact) mass is 472 g/mol. The Morgan fingerprint density at radius 3 is 2.71 bits per heavy atom. The molecule has 0 unspecified atom stereocenters. The summed E-state index contributed by atoms with van der Waals surface area (Å²) >= 11 is 0. The van der Waals surface area contributed by atoms with Crippen LogP contribution in [-0.4, -0.2) is 38.1 Å². The van der Waals surface area contributed by atoms with Crippen LogP contribution in [0, 0.1) is 0 Å². The molecule has 4 heterocycles. The lowest BCUT2D eigenvalue weighted by molar-refractivity contribution is -0.140. The molecule has 1 atom stereocenters. The van der Waals surface area contributed by atoms with E-state index in [-0.39, 0.29) is 34.5 Å². The number of nitrogens with two attached hydrogens (primary N) is 1. The summed E-state index contributed by atoms with van der Waals surface area (Å²) in [4.78, 5) is 23.0. The van der Waals surface area contributed by atoms with E-state index in [2.05, 4.69) is 20.2 Å². The number of carbonyl (C=O) groups is 1. The number of fused-ring (bicyclic) bond motifs is 2. The molecule has 34 heavy (non-hydrogen) atoms. The highest BCUT2D eigenvalue weighted by Crippen LogP contribution is 2.37. The van der Waals surface area contributed by atoms with E-state index in [0.717, 1.165) is 17.3 Å². The average Bonchev–Trinajstić information content (AvgIpc) is 3.51. The number of hydrogen-bond donors (Lipinski definition) is 2. The smallest absolute Gasteiger partial charge is 0.433 e. The summed E-state index contributed by atoms with van der Waals surface area (Å²) in [5, 5.41) is 7.14. The summed E-state index contributed by atoms with van der Waals surface area (Å²) in [6.45, 7) is 2.35. The topological polar surface area (TPSA) is 123 Å². The molecule has 1 aliphatic heterocycles. The van der Waals surface area contributed by atoms with Gasteiger partial charge >= 0.3 is 6.18 Å². The number of pyridine rings is 1. The van der Waals surface area contributed by atoms with Gasteiger partial charge in [-0.3, -0.25) is 9.89 Å². The Bertz CT molecular complexity index is 1390. The second kappa shape index (κ2) is 7.83. The third-order valence-corrected chi connectivity index (χ3v) is 5.64. The molecule has 0 spiro atoms. The molecule has 3 aromatic heterocycles. The number of aromatic nitrogens is 4. The van der Waals surface area contributed by atoms with Gasteiger partial charge in [-0.25, -0.2) is 9.97 Å². The van der Waals surface area contributed by atoms with Crippen molar-refractivity contribution in [3.8, 4) is 17.2 Å². The van der Waals surface area contributed by atoms with Crippen LogP contribution in [0.25, 0.3) is 22.4 Å². The first-order chi connectivity index (χ1) is 16.2. The number of nitrogens with zero attached hydrogens (tertiary/aromatic N) is 4. The minimum atomic E-state index is -4.62. The lowest BCUT2D eigenvalue weighted by Crippen LogP contribution is -2.27. The average molecular weight is 472 g/mol. The third-order valence-electron chi connectivity index (χ3n) is 5.64. The number of halogens is 3. The normalized spacial score (nSPS) is 14.5. The molecule has 0 bridgehead atoms. The highest BCUT2D eigenvalue weighted by molar-refractivity contribution is 5.98. The second-order valence-electron chi connectivity index (χ2n) is 7.96. The minimum absolute atomic E-state index is 0.00576. The maximum atomic E-state index is 13.3. The van der Waals surface area contributed by atoms with Gasteiger partial charge in [0.25, 0.3) is 5.91 Å². The van der Waals surface area contributed by atoms with Crippen LogP contribution in [0.3, 0.4) is 0 Å². The van der Waals surface area contributed by atoms with E-state index in [1.165, 1.54) is 19.2 Å². The summed E-state index contributed by atoms with van der Waals surface area (Å²) in [7, 11) is 1.34.